The molecule has 3 aromatic rings. The lowest BCUT2D eigenvalue weighted by Gasteiger charge is -2.12. The number of pyridine rings is 1. The van der Waals surface area contributed by atoms with E-state index in [1.165, 1.54) is 18.3 Å². The fourth-order valence-electron chi connectivity index (χ4n) is 2.61. The van der Waals surface area contributed by atoms with E-state index >= 15 is 0 Å². The largest absolute Gasteiger partial charge is 0.489 e. The Bertz CT molecular complexity index is 1140. The molecule has 166 valence electrons. The molecule has 32 heavy (non-hydrogen) atoms. The highest BCUT2D eigenvalue weighted by molar-refractivity contribution is 6.31. The van der Waals surface area contributed by atoms with E-state index in [2.05, 4.69) is 15.6 Å². The van der Waals surface area contributed by atoms with Gasteiger partial charge in [0.2, 0.25) is 0 Å². The van der Waals surface area contributed by atoms with Gasteiger partial charge in [-0.3, -0.25) is 9.78 Å². The number of ether oxygens (including phenoxy) is 1. The molecule has 0 spiro atoms. The van der Waals surface area contributed by atoms with Gasteiger partial charge in [0.1, 0.15) is 18.1 Å². The summed E-state index contributed by atoms with van der Waals surface area (Å²) in [5.41, 5.74) is 5.29. The molecular formula is C21H16ClF3N4O3. The molecule has 0 aliphatic heterocycles. The molecule has 0 bridgehead atoms. The van der Waals surface area contributed by atoms with E-state index in [0.717, 1.165) is 12.1 Å². The zero-order valence-electron chi connectivity index (χ0n) is 16.2. The minimum absolute atomic E-state index is 0.0631. The molecule has 0 saturated heterocycles. The monoisotopic (exact) mass is 464 g/mol. The second-order valence-electron chi connectivity index (χ2n) is 6.50. The van der Waals surface area contributed by atoms with Gasteiger partial charge in [-0.05, 0) is 60.2 Å². The number of aromatic nitrogens is 1. The van der Waals surface area contributed by atoms with Crippen LogP contribution in [0.2, 0.25) is 5.02 Å². The summed E-state index contributed by atoms with van der Waals surface area (Å²) in [7, 11) is 0. The normalized spacial score (nSPS) is 11.0. The van der Waals surface area contributed by atoms with E-state index < -0.39 is 28.7 Å². The smallest absolute Gasteiger partial charge is 0.417 e. The highest BCUT2D eigenvalue weighted by Crippen LogP contribution is 2.36. The van der Waals surface area contributed by atoms with Crippen LogP contribution in [0.5, 0.6) is 5.75 Å². The number of halogens is 4. The Morgan fingerprint density at radius 3 is 2.31 bits per heavy atom. The van der Waals surface area contributed by atoms with Crippen LogP contribution >= 0.6 is 11.6 Å². The van der Waals surface area contributed by atoms with Gasteiger partial charge in [-0.25, -0.2) is 4.79 Å². The van der Waals surface area contributed by atoms with Gasteiger partial charge >= 0.3 is 12.2 Å². The first-order valence-electron chi connectivity index (χ1n) is 9.04. The van der Waals surface area contributed by atoms with Crippen molar-refractivity contribution in [3.8, 4) is 5.75 Å². The summed E-state index contributed by atoms with van der Waals surface area (Å²) in [5, 5.41) is 4.37. The lowest BCUT2D eigenvalue weighted by molar-refractivity contribution is -0.137. The fraction of sp³-hybridized carbons (Fsp3) is 0.0952. The van der Waals surface area contributed by atoms with Crippen molar-refractivity contribution < 1.29 is 27.5 Å². The van der Waals surface area contributed by atoms with Crippen molar-refractivity contribution in [3.63, 3.8) is 0 Å². The van der Waals surface area contributed by atoms with Crippen LogP contribution in [0.15, 0.2) is 60.8 Å². The molecule has 1 heterocycles. The predicted molar refractivity (Wildman–Crippen MR) is 113 cm³/mol. The molecule has 1 aromatic heterocycles. The number of carbonyl (C=O) groups is 2. The summed E-state index contributed by atoms with van der Waals surface area (Å²) in [6.07, 6.45) is -3.19. The van der Waals surface area contributed by atoms with Crippen LogP contribution < -0.4 is 21.1 Å². The second-order valence-corrected chi connectivity index (χ2v) is 6.91. The van der Waals surface area contributed by atoms with Gasteiger partial charge in [0.15, 0.2) is 0 Å². The van der Waals surface area contributed by atoms with Crippen molar-refractivity contribution in [2.75, 3.05) is 10.6 Å². The van der Waals surface area contributed by atoms with Crippen molar-refractivity contribution >= 4 is 34.9 Å². The number of hydrogen-bond acceptors (Lipinski definition) is 4. The Kier molecular flexibility index (Phi) is 6.84. The SMILES string of the molecule is NC(=O)c1cc(COc2ccc(NC(=O)Nc3ccc(Cl)c(C(F)(F)F)c3)cc2)ccn1. The maximum atomic E-state index is 12.9. The Hall–Kier alpha value is -3.79. The number of alkyl halides is 3. The number of amides is 3. The van der Waals surface area contributed by atoms with Gasteiger partial charge in [0, 0.05) is 17.6 Å². The number of nitrogens with zero attached hydrogens (tertiary/aromatic N) is 1. The molecule has 11 heteroatoms. The quantitative estimate of drug-likeness (QED) is 0.473. The van der Waals surface area contributed by atoms with Gasteiger partial charge in [0.05, 0.1) is 10.6 Å². The van der Waals surface area contributed by atoms with E-state index in [4.69, 9.17) is 22.1 Å². The van der Waals surface area contributed by atoms with E-state index in [9.17, 15) is 22.8 Å². The molecule has 0 unspecified atom stereocenters. The van der Waals surface area contributed by atoms with Gasteiger partial charge in [-0.15, -0.1) is 0 Å². The predicted octanol–water partition coefficient (Wildman–Crippen LogP) is 5.08. The summed E-state index contributed by atoms with van der Waals surface area (Å²) in [6, 6.07) is 11.8. The first kappa shape index (κ1) is 22.9. The molecule has 0 aliphatic carbocycles. The topological polar surface area (TPSA) is 106 Å². The minimum atomic E-state index is -4.64. The van der Waals surface area contributed by atoms with Crippen molar-refractivity contribution in [3.05, 3.63) is 82.6 Å². The zero-order valence-corrected chi connectivity index (χ0v) is 17.0. The molecule has 0 saturated carbocycles. The molecule has 4 N–H and O–H groups in total. The second kappa shape index (κ2) is 9.56. The molecule has 3 amide bonds. The first-order chi connectivity index (χ1) is 15.1. The van der Waals surface area contributed by atoms with Gasteiger partial charge < -0.3 is 21.1 Å². The van der Waals surface area contributed by atoms with Crippen molar-refractivity contribution in [1.29, 1.82) is 0 Å². The van der Waals surface area contributed by atoms with Crippen LogP contribution in [-0.4, -0.2) is 16.9 Å². The van der Waals surface area contributed by atoms with Gasteiger partial charge in [0.25, 0.3) is 5.91 Å². The number of anilines is 2. The third-order valence-electron chi connectivity index (χ3n) is 4.12. The fourth-order valence-corrected chi connectivity index (χ4v) is 2.84. The van der Waals surface area contributed by atoms with Gasteiger partial charge in [-0.2, -0.15) is 13.2 Å². The third kappa shape index (κ3) is 6.11. The molecule has 0 atom stereocenters. The first-order valence-corrected chi connectivity index (χ1v) is 9.42. The number of nitrogens with one attached hydrogen (secondary N) is 2. The third-order valence-corrected chi connectivity index (χ3v) is 4.45. The Morgan fingerprint density at radius 1 is 1.00 bits per heavy atom. The summed E-state index contributed by atoms with van der Waals surface area (Å²) in [4.78, 5) is 27.1. The highest BCUT2D eigenvalue weighted by Gasteiger charge is 2.33. The average molecular weight is 465 g/mol. The maximum Gasteiger partial charge on any atom is 0.417 e. The van der Waals surface area contributed by atoms with E-state index in [1.807, 2.05) is 0 Å². The maximum absolute atomic E-state index is 12.9. The van der Waals surface area contributed by atoms with Crippen LogP contribution in [0.25, 0.3) is 0 Å². The Morgan fingerprint density at radius 2 is 1.66 bits per heavy atom. The number of rotatable bonds is 6. The molecule has 7 nitrogen and oxygen atoms in total. The van der Waals surface area contributed by atoms with Crippen LogP contribution in [0.3, 0.4) is 0 Å². The molecule has 2 aromatic carbocycles. The summed E-state index contributed by atoms with van der Waals surface area (Å²) < 4.78 is 44.4. The molecule has 0 fully saturated rings. The minimum Gasteiger partial charge on any atom is -0.489 e. The van der Waals surface area contributed by atoms with Crippen molar-refractivity contribution in [2.45, 2.75) is 12.8 Å². The lowest BCUT2D eigenvalue weighted by atomic mass is 10.2. The Labute approximate surface area is 185 Å². The van der Waals surface area contributed by atoms with E-state index in [0.29, 0.717) is 17.0 Å². The van der Waals surface area contributed by atoms with E-state index in [-0.39, 0.29) is 18.0 Å². The number of primary amides is 1. The van der Waals surface area contributed by atoms with Gasteiger partial charge in [-0.1, -0.05) is 11.6 Å². The number of carbonyl (C=O) groups excluding carboxylic acids is 2. The highest BCUT2D eigenvalue weighted by atomic mass is 35.5. The zero-order chi connectivity index (χ0) is 23.3. The van der Waals surface area contributed by atoms with E-state index in [1.54, 1.807) is 30.3 Å². The number of hydrogen-bond donors (Lipinski definition) is 3. The van der Waals surface area contributed by atoms with Crippen LogP contribution in [-0.2, 0) is 12.8 Å². The number of nitrogens with two attached hydrogens (primary N) is 1. The average Bonchev–Trinajstić information content (AvgIpc) is 2.74. The van der Waals surface area contributed by atoms with Crippen LogP contribution in [0.1, 0.15) is 21.6 Å². The van der Waals surface area contributed by atoms with Crippen molar-refractivity contribution in [1.82, 2.24) is 4.98 Å². The molecule has 3 rings (SSSR count). The van der Waals surface area contributed by atoms with Crippen LogP contribution in [0, 0.1) is 0 Å². The molecule has 0 radical (unpaired) electrons. The summed E-state index contributed by atoms with van der Waals surface area (Å²) in [5.74, 6) is -0.158. The summed E-state index contributed by atoms with van der Waals surface area (Å²) in [6.45, 7) is 0.161. The standard InChI is InChI=1S/C21H16ClF3N4O3/c22-17-6-3-14(10-16(17)21(23,24)25)29-20(31)28-13-1-4-15(5-2-13)32-11-12-7-8-27-18(9-12)19(26)30/h1-10H,11H2,(H2,26,30)(H2,28,29,31). The number of benzene rings is 2. The molecule has 0 aliphatic rings. The molecular weight excluding hydrogens is 449 g/mol. The summed E-state index contributed by atoms with van der Waals surface area (Å²) >= 11 is 5.56. The van der Waals surface area contributed by atoms with Crippen molar-refractivity contribution in [2.24, 2.45) is 5.73 Å². The lowest BCUT2D eigenvalue weighted by Crippen LogP contribution is -2.19. The Balaban J connectivity index is 1.57. The van der Waals surface area contributed by atoms with Crippen LogP contribution in [0.4, 0.5) is 29.3 Å². The number of urea groups is 1.